The molecule has 1 aliphatic heterocycles. The van der Waals surface area contributed by atoms with Crippen molar-refractivity contribution in [3.8, 4) is 11.3 Å². The van der Waals surface area contributed by atoms with Gasteiger partial charge >= 0.3 is 5.69 Å². The molecule has 1 amide bonds. The summed E-state index contributed by atoms with van der Waals surface area (Å²) in [5.41, 5.74) is 0.776. The Morgan fingerprint density at radius 1 is 1.13 bits per heavy atom. The Morgan fingerprint density at radius 3 is 2.39 bits per heavy atom. The van der Waals surface area contributed by atoms with E-state index in [1.807, 2.05) is 38.7 Å². The van der Waals surface area contributed by atoms with Gasteiger partial charge < -0.3 is 9.80 Å². The predicted molar refractivity (Wildman–Crippen MR) is 147 cm³/mol. The fourth-order valence-electron chi connectivity index (χ4n) is 5.38. The first-order valence-electron chi connectivity index (χ1n) is 12.9. The van der Waals surface area contributed by atoms with Gasteiger partial charge in [0.15, 0.2) is 5.65 Å². The SMILES string of the molecule is C=CC(=O)N1[C@H](C)CN(c2nc(=O)n(/C(=C\CC)CC)c3nc(-c4c(C)cccc4F)c(F)cc23)C[C@@H]1C. The minimum atomic E-state index is -0.710. The summed E-state index contributed by atoms with van der Waals surface area (Å²) in [6.07, 6.45) is 4.39. The maximum absolute atomic E-state index is 15.7. The summed E-state index contributed by atoms with van der Waals surface area (Å²) in [7, 11) is 0. The second-order valence-electron chi connectivity index (χ2n) is 9.69. The molecule has 0 bridgehead atoms. The highest BCUT2D eigenvalue weighted by Gasteiger charge is 2.34. The summed E-state index contributed by atoms with van der Waals surface area (Å²) in [6.45, 7) is 13.7. The molecule has 2 atom stereocenters. The number of fused-ring (bicyclic) bond motifs is 1. The number of halogens is 2. The van der Waals surface area contributed by atoms with E-state index < -0.39 is 17.3 Å². The van der Waals surface area contributed by atoms with Crippen LogP contribution >= 0.6 is 0 Å². The van der Waals surface area contributed by atoms with E-state index in [0.29, 0.717) is 48.4 Å². The van der Waals surface area contributed by atoms with Crippen molar-refractivity contribution in [2.45, 2.75) is 59.5 Å². The fraction of sp³-hybridized carbons (Fsp3) is 0.379. The van der Waals surface area contributed by atoms with Gasteiger partial charge in [0, 0.05) is 36.4 Å². The first-order chi connectivity index (χ1) is 18.1. The summed E-state index contributed by atoms with van der Waals surface area (Å²) in [5.74, 6) is -1.18. The summed E-state index contributed by atoms with van der Waals surface area (Å²) in [5, 5.41) is 0.346. The van der Waals surface area contributed by atoms with Crippen molar-refractivity contribution in [1.82, 2.24) is 19.4 Å². The molecule has 1 fully saturated rings. The number of benzene rings is 1. The summed E-state index contributed by atoms with van der Waals surface area (Å²) in [4.78, 5) is 38.5. The Labute approximate surface area is 221 Å². The molecule has 0 unspecified atom stereocenters. The van der Waals surface area contributed by atoms with Crippen molar-refractivity contribution >= 4 is 28.5 Å². The van der Waals surface area contributed by atoms with Crippen LogP contribution in [-0.4, -0.2) is 50.5 Å². The predicted octanol–water partition coefficient (Wildman–Crippen LogP) is 5.32. The quantitative estimate of drug-likeness (QED) is 0.411. The average Bonchev–Trinajstić information content (AvgIpc) is 2.87. The molecule has 0 spiro atoms. The number of anilines is 1. The van der Waals surface area contributed by atoms with Gasteiger partial charge in [-0.25, -0.2) is 23.1 Å². The number of carbonyl (C=O) groups excluding carboxylic acids is 1. The lowest BCUT2D eigenvalue weighted by Gasteiger charge is -2.44. The highest BCUT2D eigenvalue weighted by Crippen LogP contribution is 2.33. The second kappa shape index (κ2) is 10.8. The lowest BCUT2D eigenvalue weighted by molar-refractivity contribution is -0.130. The van der Waals surface area contributed by atoms with Gasteiger partial charge in [-0.15, -0.1) is 0 Å². The number of hydrogen-bond donors (Lipinski definition) is 0. The summed E-state index contributed by atoms with van der Waals surface area (Å²) < 4.78 is 32.0. The van der Waals surface area contributed by atoms with Crippen molar-refractivity contribution in [2.24, 2.45) is 0 Å². The number of nitrogens with zero attached hydrogens (tertiary/aromatic N) is 5. The van der Waals surface area contributed by atoms with E-state index in [9.17, 15) is 14.0 Å². The lowest BCUT2D eigenvalue weighted by Crippen LogP contribution is -2.58. The molecule has 1 saturated heterocycles. The standard InChI is InChI=1S/C29H33F2N5O2/c1-7-11-20(8-2)36-28-21(14-23(31)26(32-28)25-17(4)12-10-13-22(25)30)27(33-29(36)38)34-15-18(5)35(19(6)16-34)24(37)9-3/h9-14,18-19H,3,7-8,15-16H2,1-2,4-6H3/b20-11-/t18-,19+. The second-order valence-corrected chi connectivity index (χ2v) is 9.69. The van der Waals surface area contributed by atoms with Gasteiger partial charge in [0.05, 0.1) is 5.39 Å². The van der Waals surface area contributed by atoms with E-state index in [-0.39, 0.29) is 34.9 Å². The first kappa shape index (κ1) is 27.2. The number of hydrogen-bond acceptors (Lipinski definition) is 5. The number of piperazine rings is 1. The Morgan fingerprint density at radius 2 is 1.82 bits per heavy atom. The van der Waals surface area contributed by atoms with E-state index in [2.05, 4.69) is 16.5 Å². The van der Waals surface area contributed by atoms with Crippen LogP contribution in [0.5, 0.6) is 0 Å². The topological polar surface area (TPSA) is 71.3 Å². The van der Waals surface area contributed by atoms with Gasteiger partial charge in [-0.2, -0.15) is 4.98 Å². The van der Waals surface area contributed by atoms with Gasteiger partial charge in [-0.3, -0.25) is 4.79 Å². The van der Waals surface area contributed by atoms with Gasteiger partial charge in [0.25, 0.3) is 0 Å². The number of carbonyl (C=O) groups is 1. The van der Waals surface area contributed by atoms with Crippen molar-refractivity contribution < 1.29 is 13.6 Å². The molecule has 1 aromatic carbocycles. The summed E-state index contributed by atoms with van der Waals surface area (Å²) >= 11 is 0. The molecule has 9 heteroatoms. The normalized spacial score (nSPS) is 18.2. The Hall–Kier alpha value is -3.88. The van der Waals surface area contributed by atoms with Crippen LogP contribution < -0.4 is 10.6 Å². The molecule has 0 saturated carbocycles. The van der Waals surface area contributed by atoms with Gasteiger partial charge in [0.1, 0.15) is 23.1 Å². The monoisotopic (exact) mass is 521 g/mol. The Bertz CT molecular complexity index is 1460. The molecular formula is C29H33F2N5O2. The van der Waals surface area contributed by atoms with Crippen molar-refractivity contribution in [3.05, 3.63) is 70.7 Å². The molecular weight excluding hydrogens is 488 g/mol. The minimum absolute atomic E-state index is 0.0561. The molecule has 0 radical (unpaired) electrons. The Balaban J connectivity index is 2.00. The number of amides is 1. The Kier molecular flexibility index (Phi) is 7.76. The van der Waals surface area contributed by atoms with Gasteiger partial charge in [-0.05, 0) is 57.4 Å². The molecule has 0 aliphatic carbocycles. The van der Waals surface area contributed by atoms with Crippen LogP contribution in [0.25, 0.3) is 28.0 Å². The number of rotatable bonds is 6. The van der Waals surface area contributed by atoms with Gasteiger partial charge in [-0.1, -0.05) is 38.6 Å². The third kappa shape index (κ3) is 4.73. The highest BCUT2D eigenvalue weighted by atomic mass is 19.1. The smallest absolute Gasteiger partial charge is 0.352 e. The van der Waals surface area contributed by atoms with E-state index in [0.717, 1.165) is 0 Å². The summed E-state index contributed by atoms with van der Waals surface area (Å²) in [6, 6.07) is 5.40. The third-order valence-electron chi connectivity index (χ3n) is 7.00. The zero-order chi connectivity index (χ0) is 27.7. The molecule has 38 heavy (non-hydrogen) atoms. The molecule has 1 aliphatic rings. The largest absolute Gasteiger partial charge is 0.355 e. The lowest BCUT2D eigenvalue weighted by atomic mass is 10.0. The number of pyridine rings is 1. The fourth-order valence-corrected chi connectivity index (χ4v) is 5.38. The molecule has 0 N–H and O–H groups in total. The average molecular weight is 522 g/mol. The van der Waals surface area contributed by atoms with Crippen molar-refractivity contribution in [1.29, 1.82) is 0 Å². The third-order valence-corrected chi connectivity index (χ3v) is 7.00. The van der Waals surface area contributed by atoms with Crippen LogP contribution in [0.15, 0.2) is 47.8 Å². The zero-order valence-electron chi connectivity index (χ0n) is 22.5. The maximum Gasteiger partial charge on any atom is 0.355 e. The number of aryl methyl sites for hydroxylation is 1. The minimum Gasteiger partial charge on any atom is -0.352 e. The number of aromatic nitrogens is 3. The van der Waals surface area contributed by atoms with E-state index in [1.54, 1.807) is 24.0 Å². The van der Waals surface area contributed by atoms with Crippen molar-refractivity contribution in [2.75, 3.05) is 18.0 Å². The zero-order valence-corrected chi connectivity index (χ0v) is 22.5. The van der Waals surface area contributed by atoms with Crippen LogP contribution in [0.1, 0.15) is 46.1 Å². The van der Waals surface area contributed by atoms with E-state index in [4.69, 9.17) is 0 Å². The van der Waals surface area contributed by atoms with Crippen LogP contribution in [0.4, 0.5) is 14.6 Å². The van der Waals surface area contributed by atoms with Crippen molar-refractivity contribution in [3.63, 3.8) is 0 Å². The van der Waals surface area contributed by atoms with E-state index >= 15 is 4.39 Å². The van der Waals surface area contributed by atoms with Crippen LogP contribution in [0.2, 0.25) is 0 Å². The molecule has 7 nitrogen and oxygen atoms in total. The first-order valence-corrected chi connectivity index (χ1v) is 12.9. The molecule has 4 rings (SSSR count). The molecule has 3 heterocycles. The highest BCUT2D eigenvalue weighted by molar-refractivity contribution is 5.92. The molecule has 200 valence electrons. The maximum atomic E-state index is 15.7. The van der Waals surface area contributed by atoms with Gasteiger partial charge in [0.2, 0.25) is 5.91 Å². The van der Waals surface area contributed by atoms with Crippen LogP contribution in [-0.2, 0) is 4.79 Å². The van der Waals surface area contributed by atoms with Crippen LogP contribution in [0.3, 0.4) is 0 Å². The number of allylic oxidation sites excluding steroid dienone is 2. The molecule has 3 aromatic rings. The van der Waals surface area contributed by atoms with E-state index in [1.165, 1.54) is 22.8 Å². The van der Waals surface area contributed by atoms with Crippen LogP contribution in [0, 0.1) is 18.6 Å². The molecule has 2 aromatic heterocycles.